The molecule has 2 heteroatoms. The predicted octanol–water partition coefficient (Wildman–Crippen LogP) is 3.61. The van der Waals surface area contributed by atoms with Gasteiger partial charge < -0.3 is 5.11 Å². The molecule has 0 heterocycles. The highest BCUT2D eigenvalue weighted by Gasteiger charge is 1.90. The molecule has 0 fully saturated rings. The maximum absolute atomic E-state index is 10.1. The molecule has 0 aliphatic heterocycles. The highest BCUT2D eigenvalue weighted by Crippen LogP contribution is 2.07. The summed E-state index contributed by atoms with van der Waals surface area (Å²) in [5.74, 6) is 4.70. The second-order valence-corrected chi connectivity index (χ2v) is 3.80. The van der Waals surface area contributed by atoms with Crippen molar-refractivity contribution in [2.75, 3.05) is 0 Å². The molecule has 0 aliphatic rings. The van der Waals surface area contributed by atoms with Crippen molar-refractivity contribution in [3.63, 3.8) is 0 Å². The van der Waals surface area contributed by atoms with Crippen LogP contribution in [0.3, 0.4) is 0 Å². The van der Waals surface area contributed by atoms with Gasteiger partial charge in [0.1, 0.15) is 6.42 Å². The molecule has 0 saturated heterocycles. The lowest BCUT2D eigenvalue weighted by Gasteiger charge is -1.97. The van der Waals surface area contributed by atoms with Crippen molar-refractivity contribution >= 4 is 5.97 Å². The first-order valence-corrected chi connectivity index (χ1v) is 5.95. The van der Waals surface area contributed by atoms with Crippen LogP contribution in [-0.2, 0) is 4.79 Å². The monoisotopic (exact) mass is 210 g/mol. The number of unbranched alkanes of at least 4 members (excludes halogenated alkanes) is 7. The van der Waals surface area contributed by atoms with E-state index in [4.69, 9.17) is 5.11 Å². The summed E-state index contributed by atoms with van der Waals surface area (Å²) in [4.78, 5) is 10.1. The Labute approximate surface area is 93.1 Å². The van der Waals surface area contributed by atoms with Gasteiger partial charge in [-0.1, -0.05) is 51.4 Å². The third-order valence-corrected chi connectivity index (χ3v) is 2.27. The van der Waals surface area contributed by atoms with E-state index < -0.39 is 5.97 Å². The number of aliphatic carboxylic acids is 1. The Bertz CT molecular complexity index is 210. The van der Waals surface area contributed by atoms with Gasteiger partial charge >= 0.3 is 5.97 Å². The number of hydrogen-bond donors (Lipinski definition) is 1. The molecule has 0 spiro atoms. The van der Waals surface area contributed by atoms with Gasteiger partial charge in [-0.3, -0.25) is 4.79 Å². The second-order valence-electron chi connectivity index (χ2n) is 3.80. The highest BCUT2D eigenvalue weighted by molar-refractivity contribution is 5.69. The summed E-state index contributed by atoms with van der Waals surface area (Å²) in [6, 6.07) is 0. The highest BCUT2D eigenvalue weighted by atomic mass is 16.4. The summed E-state index contributed by atoms with van der Waals surface area (Å²) < 4.78 is 0. The third kappa shape index (κ3) is 13.0. The molecule has 0 aromatic carbocycles. The summed E-state index contributed by atoms with van der Waals surface area (Å²) in [6.45, 7) is 2.22. The van der Waals surface area contributed by atoms with Crippen LogP contribution in [0.4, 0.5) is 0 Å². The summed E-state index contributed by atoms with van der Waals surface area (Å²) in [7, 11) is 0. The molecule has 2 nitrogen and oxygen atoms in total. The van der Waals surface area contributed by atoms with Gasteiger partial charge in [-0.15, -0.1) is 5.92 Å². The van der Waals surface area contributed by atoms with E-state index in [0.29, 0.717) is 0 Å². The molecule has 0 aromatic rings. The molecule has 0 unspecified atom stereocenters. The van der Waals surface area contributed by atoms with Crippen molar-refractivity contribution < 1.29 is 9.90 Å². The smallest absolute Gasteiger partial charge is 0.315 e. The fourth-order valence-electron chi connectivity index (χ4n) is 1.40. The molecule has 0 amide bonds. The fraction of sp³-hybridized carbons (Fsp3) is 0.769. The van der Waals surface area contributed by atoms with Crippen LogP contribution >= 0.6 is 0 Å². The summed E-state index contributed by atoms with van der Waals surface area (Å²) in [5, 5.41) is 8.33. The molecule has 0 atom stereocenters. The number of carboxylic acids is 1. The SMILES string of the molecule is CCCCCCCCCC#CCC(=O)O. The molecular weight excluding hydrogens is 188 g/mol. The summed E-state index contributed by atoms with van der Waals surface area (Å²) in [5.41, 5.74) is 0. The van der Waals surface area contributed by atoms with E-state index >= 15 is 0 Å². The van der Waals surface area contributed by atoms with E-state index in [1.807, 2.05) is 0 Å². The van der Waals surface area contributed by atoms with Crippen LogP contribution in [0.5, 0.6) is 0 Å². The van der Waals surface area contributed by atoms with Crippen LogP contribution < -0.4 is 0 Å². The lowest BCUT2D eigenvalue weighted by Crippen LogP contribution is -1.90. The van der Waals surface area contributed by atoms with E-state index in [0.717, 1.165) is 12.8 Å². The first-order valence-electron chi connectivity index (χ1n) is 5.95. The van der Waals surface area contributed by atoms with E-state index in [1.54, 1.807) is 0 Å². The average Bonchev–Trinajstić information content (AvgIpc) is 2.20. The van der Waals surface area contributed by atoms with Gasteiger partial charge in [0.25, 0.3) is 0 Å². The Morgan fingerprint density at radius 3 is 2.20 bits per heavy atom. The summed E-state index contributed by atoms with van der Waals surface area (Å²) >= 11 is 0. The van der Waals surface area contributed by atoms with Crippen molar-refractivity contribution in [3.05, 3.63) is 0 Å². The summed E-state index contributed by atoms with van der Waals surface area (Å²) in [6.07, 6.45) is 9.78. The van der Waals surface area contributed by atoms with E-state index in [2.05, 4.69) is 18.8 Å². The Morgan fingerprint density at radius 2 is 1.60 bits per heavy atom. The maximum atomic E-state index is 10.1. The Hall–Kier alpha value is -0.970. The van der Waals surface area contributed by atoms with E-state index in [1.165, 1.54) is 38.5 Å². The lowest BCUT2D eigenvalue weighted by atomic mass is 10.1. The van der Waals surface area contributed by atoms with E-state index in [9.17, 15) is 4.79 Å². The normalized spacial score (nSPS) is 9.40. The van der Waals surface area contributed by atoms with Gasteiger partial charge in [-0.25, -0.2) is 0 Å². The van der Waals surface area contributed by atoms with Crippen molar-refractivity contribution in [2.24, 2.45) is 0 Å². The van der Waals surface area contributed by atoms with Crippen LogP contribution in [0.2, 0.25) is 0 Å². The lowest BCUT2D eigenvalue weighted by molar-refractivity contribution is -0.135. The average molecular weight is 210 g/mol. The van der Waals surface area contributed by atoms with Crippen LogP contribution in [0.1, 0.15) is 64.7 Å². The van der Waals surface area contributed by atoms with Gasteiger partial charge in [0, 0.05) is 6.42 Å². The quantitative estimate of drug-likeness (QED) is 0.491. The molecule has 0 saturated carbocycles. The first-order chi connectivity index (χ1) is 7.27. The Kier molecular flexibility index (Phi) is 10.4. The van der Waals surface area contributed by atoms with Crippen LogP contribution in [-0.4, -0.2) is 11.1 Å². The van der Waals surface area contributed by atoms with Gasteiger partial charge in [-0.05, 0) is 6.42 Å². The maximum Gasteiger partial charge on any atom is 0.315 e. The zero-order chi connectivity index (χ0) is 11.4. The molecule has 0 aliphatic carbocycles. The third-order valence-electron chi connectivity index (χ3n) is 2.27. The minimum atomic E-state index is -0.831. The molecule has 86 valence electrons. The van der Waals surface area contributed by atoms with Crippen LogP contribution in [0.15, 0.2) is 0 Å². The predicted molar refractivity (Wildman–Crippen MR) is 62.6 cm³/mol. The van der Waals surface area contributed by atoms with Crippen molar-refractivity contribution in [3.8, 4) is 11.8 Å². The van der Waals surface area contributed by atoms with Crippen LogP contribution in [0, 0.1) is 11.8 Å². The van der Waals surface area contributed by atoms with Crippen molar-refractivity contribution in [1.82, 2.24) is 0 Å². The first kappa shape index (κ1) is 14.0. The molecule has 0 aromatic heterocycles. The molecular formula is C13H22O2. The fourth-order valence-corrected chi connectivity index (χ4v) is 1.40. The van der Waals surface area contributed by atoms with Gasteiger partial charge in [0.2, 0.25) is 0 Å². The number of rotatable bonds is 8. The minimum Gasteiger partial charge on any atom is -0.481 e. The molecule has 0 bridgehead atoms. The number of carbonyl (C=O) groups is 1. The molecule has 0 radical (unpaired) electrons. The largest absolute Gasteiger partial charge is 0.481 e. The minimum absolute atomic E-state index is 0.0174. The van der Waals surface area contributed by atoms with Gasteiger partial charge in [-0.2, -0.15) is 0 Å². The standard InChI is InChI=1S/C13H22O2/c1-2-3-4-5-6-7-8-9-10-11-12-13(14)15/h2-9,12H2,1H3,(H,14,15). The number of carboxylic acid groups (broad SMARTS) is 1. The number of hydrogen-bond acceptors (Lipinski definition) is 1. The zero-order valence-corrected chi connectivity index (χ0v) is 9.72. The van der Waals surface area contributed by atoms with Crippen molar-refractivity contribution in [2.45, 2.75) is 64.7 Å². The van der Waals surface area contributed by atoms with Crippen LogP contribution in [0.25, 0.3) is 0 Å². The zero-order valence-electron chi connectivity index (χ0n) is 9.72. The van der Waals surface area contributed by atoms with Gasteiger partial charge in [0.05, 0.1) is 0 Å². The topological polar surface area (TPSA) is 37.3 Å². The Morgan fingerprint density at radius 1 is 1.00 bits per heavy atom. The van der Waals surface area contributed by atoms with Gasteiger partial charge in [0.15, 0.2) is 0 Å². The molecule has 1 N–H and O–H groups in total. The molecule has 15 heavy (non-hydrogen) atoms. The Balaban J connectivity index is 3.09. The molecule has 0 rings (SSSR count). The van der Waals surface area contributed by atoms with E-state index in [-0.39, 0.29) is 6.42 Å². The van der Waals surface area contributed by atoms with Crippen molar-refractivity contribution in [1.29, 1.82) is 0 Å². The second kappa shape index (κ2) is 11.1.